The van der Waals surface area contributed by atoms with Crippen molar-refractivity contribution >= 4 is 11.9 Å². The number of aromatic nitrogens is 2. The van der Waals surface area contributed by atoms with Crippen molar-refractivity contribution in [3.05, 3.63) is 41.1 Å². The summed E-state index contributed by atoms with van der Waals surface area (Å²) in [6, 6.07) is 2.10. The number of benzene rings is 1. The molecule has 2 amide bonds. The number of hydrogen-bond donors (Lipinski definition) is 2. The van der Waals surface area contributed by atoms with Gasteiger partial charge in [0.2, 0.25) is 5.91 Å². The second-order valence-electron chi connectivity index (χ2n) is 7.98. The number of carbonyl (C=O) groups excluding carboxylic acids is 2. The lowest BCUT2D eigenvalue weighted by Gasteiger charge is -2.29. The zero-order chi connectivity index (χ0) is 21.3. The predicted molar refractivity (Wildman–Crippen MR) is 102 cm³/mol. The van der Waals surface area contributed by atoms with Gasteiger partial charge in [0, 0.05) is 24.6 Å². The van der Waals surface area contributed by atoms with Crippen LogP contribution in [0.3, 0.4) is 0 Å². The van der Waals surface area contributed by atoms with Gasteiger partial charge in [0.25, 0.3) is 0 Å². The van der Waals surface area contributed by atoms with E-state index in [2.05, 4.69) is 15.7 Å². The molecule has 1 aliphatic rings. The molecule has 0 aliphatic carbocycles. The highest BCUT2D eigenvalue weighted by atomic mass is 19.2. The van der Waals surface area contributed by atoms with Crippen LogP contribution in [0, 0.1) is 17.0 Å². The highest BCUT2D eigenvalue weighted by molar-refractivity contribution is 5.88. The lowest BCUT2D eigenvalue weighted by molar-refractivity contribution is -0.124. The zero-order valence-electron chi connectivity index (χ0n) is 16.8. The Hall–Kier alpha value is -2.81. The number of rotatable bonds is 3. The first-order valence-electron chi connectivity index (χ1n) is 9.30. The van der Waals surface area contributed by atoms with E-state index in [9.17, 15) is 18.4 Å². The van der Waals surface area contributed by atoms with Crippen molar-refractivity contribution < 1.29 is 23.1 Å². The number of nitrogens with one attached hydrogen (secondary N) is 2. The minimum Gasteiger partial charge on any atom is -0.376 e. The molecule has 9 heteroatoms. The standard InChI is InChI=1S/C20H24F2N4O3/c1-20(2,3)17(18(27)23-4)24-19(28)26-15-7-8-29-10-12(15)16(25-26)11-5-6-13(21)14(22)9-11/h5-6,9,17H,7-8,10H2,1-4H3,(H,23,27)(H,24,28)/t17-/m1/s1. The Bertz CT molecular complexity index is 950. The Labute approximate surface area is 167 Å². The van der Waals surface area contributed by atoms with Crippen LogP contribution < -0.4 is 10.6 Å². The highest BCUT2D eigenvalue weighted by Crippen LogP contribution is 2.30. The van der Waals surface area contributed by atoms with Crippen LogP contribution in [0.15, 0.2) is 18.2 Å². The molecule has 1 aromatic heterocycles. The first-order chi connectivity index (χ1) is 13.6. The second-order valence-corrected chi connectivity index (χ2v) is 7.98. The quantitative estimate of drug-likeness (QED) is 0.821. The van der Waals surface area contributed by atoms with Crippen LogP contribution in [-0.4, -0.2) is 41.4 Å². The molecule has 0 unspecified atom stereocenters. The molecule has 1 atom stereocenters. The Morgan fingerprint density at radius 3 is 2.59 bits per heavy atom. The molecule has 0 fully saturated rings. The molecule has 0 saturated heterocycles. The Morgan fingerprint density at radius 1 is 1.24 bits per heavy atom. The fraction of sp³-hybridized carbons (Fsp3) is 0.450. The molecule has 156 valence electrons. The summed E-state index contributed by atoms with van der Waals surface area (Å²) in [6.45, 7) is 6.13. The predicted octanol–water partition coefficient (Wildman–Crippen LogP) is 2.62. The smallest absolute Gasteiger partial charge is 0.343 e. The van der Waals surface area contributed by atoms with Crippen LogP contribution in [0.4, 0.5) is 13.6 Å². The van der Waals surface area contributed by atoms with Gasteiger partial charge in [0.05, 0.1) is 24.6 Å². The van der Waals surface area contributed by atoms with Crippen LogP contribution in [0.25, 0.3) is 11.3 Å². The second kappa shape index (κ2) is 7.90. The third kappa shape index (κ3) is 4.14. The molecule has 2 N–H and O–H groups in total. The highest BCUT2D eigenvalue weighted by Gasteiger charge is 2.34. The fourth-order valence-corrected chi connectivity index (χ4v) is 3.28. The van der Waals surface area contributed by atoms with Crippen LogP contribution in [0.1, 0.15) is 32.0 Å². The van der Waals surface area contributed by atoms with Crippen molar-refractivity contribution in [3.8, 4) is 11.3 Å². The number of amides is 2. The number of likely N-dealkylation sites (N-methyl/N-ethyl adjacent to an activating group) is 1. The zero-order valence-corrected chi connectivity index (χ0v) is 16.8. The molecule has 2 heterocycles. The van der Waals surface area contributed by atoms with E-state index in [0.29, 0.717) is 35.5 Å². The van der Waals surface area contributed by atoms with Gasteiger partial charge in [-0.05, 0) is 23.6 Å². The summed E-state index contributed by atoms with van der Waals surface area (Å²) in [5.41, 5.74) is 1.43. The molecule has 0 bridgehead atoms. The Balaban J connectivity index is 2.01. The average Bonchev–Trinajstić information content (AvgIpc) is 3.06. The summed E-state index contributed by atoms with van der Waals surface area (Å²) in [4.78, 5) is 25.3. The van der Waals surface area contributed by atoms with Crippen LogP contribution >= 0.6 is 0 Å². The van der Waals surface area contributed by atoms with Crippen molar-refractivity contribution in [2.75, 3.05) is 13.7 Å². The summed E-state index contributed by atoms with van der Waals surface area (Å²) in [7, 11) is 1.50. The Morgan fingerprint density at radius 2 is 1.97 bits per heavy atom. The number of carbonyl (C=O) groups is 2. The van der Waals surface area contributed by atoms with Gasteiger partial charge in [0.1, 0.15) is 6.04 Å². The van der Waals surface area contributed by atoms with E-state index >= 15 is 0 Å². The number of fused-ring (bicyclic) bond motifs is 1. The van der Waals surface area contributed by atoms with Gasteiger partial charge >= 0.3 is 6.03 Å². The molecule has 2 aromatic rings. The van der Waals surface area contributed by atoms with E-state index in [1.54, 1.807) is 0 Å². The maximum absolute atomic E-state index is 13.7. The first-order valence-corrected chi connectivity index (χ1v) is 9.30. The minimum atomic E-state index is -1.00. The lowest BCUT2D eigenvalue weighted by atomic mass is 9.86. The summed E-state index contributed by atoms with van der Waals surface area (Å²) < 4.78 is 33.7. The third-order valence-electron chi connectivity index (χ3n) is 4.85. The number of ether oxygens (including phenoxy) is 1. The maximum Gasteiger partial charge on any atom is 0.343 e. The van der Waals surface area contributed by atoms with Crippen LogP contribution in [-0.2, 0) is 22.6 Å². The third-order valence-corrected chi connectivity index (χ3v) is 4.85. The molecule has 0 radical (unpaired) electrons. The van der Waals surface area contributed by atoms with E-state index < -0.39 is 29.1 Å². The fourth-order valence-electron chi connectivity index (χ4n) is 3.28. The van der Waals surface area contributed by atoms with Crippen molar-refractivity contribution in [1.82, 2.24) is 20.4 Å². The first kappa shape index (κ1) is 20.9. The molecular weight excluding hydrogens is 382 g/mol. The SMILES string of the molecule is CNC(=O)[C@@H](NC(=O)n1nc(-c2ccc(F)c(F)c2)c2c1CCOC2)C(C)(C)C. The monoisotopic (exact) mass is 406 g/mol. The van der Waals surface area contributed by atoms with Gasteiger partial charge in [-0.15, -0.1) is 0 Å². The summed E-state index contributed by atoms with van der Waals surface area (Å²) in [5, 5.41) is 9.64. The van der Waals surface area contributed by atoms with E-state index in [1.165, 1.54) is 17.8 Å². The summed E-state index contributed by atoms with van der Waals surface area (Å²) in [6.07, 6.45) is 0.430. The van der Waals surface area contributed by atoms with Gasteiger partial charge in [-0.1, -0.05) is 20.8 Å². The van der Waals surface area contributed by atoms with Crippen molar-refractivity contribution in [1.29, 1.82) is 0 Å². The molecular formula is C20H24F2N4O3. The molecule has 1 aromatic carbocycles. The van der Waals surface area contributed by atoms with Gasteiger partial charge < -0.3 is 15.4 Å². The van der Waals surface area contributed by atoms with Crippen molar-refractivity contribution in [2.24, 2.45) is 5.41 Å². The maximum atomic E-state index is 13.7. The van der Waals surface area contributed by atoms with Gasteiger partial charge in [0.15, 0.2) is 11.6 Å². The normalized spacial score (nSPS) is 14.8. The van der Waals surface area contributed by atoms with Crippen molar-refractivity contribution in [3.63, 3.8) is 0 Å². The molecule has 3 rings (SSSR count). The van der Waals surface area contributed by atoms with E-state index in [4.69, 9.17) is 4.74 Å². The van der Waals surface area contributed by atoms with Crippen LogP contribution in [0.5, 0.6) is 0 Å². The molecule has 7 nitrogen and oxygen atoms in total. The van der Waals surface area contributed by atoms with E-state index in [1.807, 2.05) is 20.8 Å². The summed E-state index contributed by atoms with van der Waals surface area (Å²) >= 11 is 0. The molecule has 1 aliphatic heterocycles. The minimum absolute atomic E-state index is 0.203. The number of halogens is 2. The average molecular weight is 406 g/mol. The molecule has 0 spiro atoms. The van der Waals surface area contributed by atoms with Crippen LogP contribution in [0.2, 0.25) is 0 Å². The van der Waals surface area contributed by atoms with Crippen molar-refractivity contribution in [2.45, 2.75) is 39.8 Å². The van der Waals surface area contributed by atoms with Gasteiger partial charge in [-0.3, -0.25) is 4.79 Å². The largest absolute Gasteiger partial charge is 0.376 e. The topological polar surface area (TPSA) is 85.3 Å². The molecule has 0 saturated carbocycles. The lowest BCUT2D eigenvalue weighted by Crippen LogP contribution is -2.54. The Kier molecular flexibility index (Phi) is 5.70. The number of hydrogen-bond acceptors (Lipinski definition) is 4. The summed E-state index contributed by atoms with van der Waals surface area (Å²) in [5.74, 6) is -2.29. The number of nitrogens with zero attached hydrogens (tertiary/aromatic N) is 2. The molecule has 29 heavy (non-hydrogen) atoms. The van der Waals surface area contributed by atoms with E-state index in [-0.39, 0.29) is 12.5 Å². The van der Waals surface area contributed by atoms with Gasteiger partial charge in [-0.25, -0.2) is 13.6 Å². The van der Waals surface area contributed by atoms with E-state index in [0.717, 1.165) is 12.1 Å². The van der Waals surface area contributed by atoms with Gasteiger partial charge in [-0.2, -0.15) is 9.78 Å².